The lowest BCUT2D eigenvalue weighted by Gasteiger charge is -2.34. The number of piperazine rings is 1. The molecule has 6 heteroatoms. The highest BCUT2D eigenvalue weighted by Gasteiger charge is 2.19. The van der Waals surface area contributed by atoms with Crippen molar-refractivity contribution in [2.45, 2.75) is 6.92 Å². The molecule has 0 unspecified atom stereocenters. The van der Waals surface area contributed by atoms with Crippen LogP contribution in [-0.4, -0.2) is 58.7 Å². The molecule has 1 fully saturated rings. The fourth-order valence-corrected chi connectivity index (χ4v) is 1.94. The van der Waals surface area contributed by atoms with Crippen molar-refractivity contribution in [2.75, 3.05) is 37.6 Å². The van der Waals surface area contributed by atoms with Gasteiger partial charge in [-0.3, -0.25) is 9.69 Å². The van der Waals surface area contributed by atoms with Crippen molar-refractivity contribution in [2.24, 2.45) is 0 Å². The number of hydrogen-bond donors (Lipinski definition) is 1. The third-order valence-corrected chi connectivity index (χ3v) is 2.84. The Morgan fingerprint density at radius 1 is 1.35 bits per heavy atom. The first-order valence-corrected chi connectivity index (χ1v) is 5.63. The van der Waals surface area contributed by atoms with E-state index in [1.165, 1.54) is 0 Å². The Bertz CT molecular complexity index is 402. The number of carboxylic acids is 1. The zero-order valence-corrected chi connectivity index (χ0v) is 9.83. The lowest BCUT2D eigenvalue weighted by atomic mass is 10.3. The molecule has 0 bridgehead atoms. The molecule has 1 aromatic rings. The van der Waals surface area contributed by atoms with Crippen LogP contribution in [-0.2, 0) is 4.79 Å². The van der Waals surface area contributed by atoms with Crippen LogP contribution in [0.5, 0.6) is 0 Å². The summed E-state index contributed by atoms with van der Waals surface area (Å²) in [5.41, 5.74) is 0.947. The SMILES string of the molecule is Cc1cc(N2CCN(CC(=O)O)CC2)ncn1. The van der Waals surface area contributed by atoms with Crippen LogP contribution in [0.1, 0.15) is 5.69 Å². The highest BCUT2D eigenvalue weighted by molar-refractivity contribution is 5.69. The van der Waals surface area contributed by atoms with Crippen LogP contribution in [0.15, 0.2) is 12.4 Å². The summed E-state index contributed by atoms with van der Waals surface area (Å²) in [6.07, 6.45) is 1.56. The predicted molar refractivity (Wildman–Crippen MR) is 63.1 cm³/mol. The van der Waals surface area contributed by atoms with Crippen LogP contribution >= 0.6 is 0 Å². The first kappa shape index (κ1) is 11.8. The van der Waals surface area contributed by atoms with Crippen LogP contribution in [0.25, 0.3) is 0 Å². The summed E-state index contributed by atoms with van der Waals surface area (Å²) < 4.78 is 0. The molecule has 0 saturated carbocycles. The second-order valence-electron chi connectivity index (χ2n) is 4.17. The molecule has 0 aliphatic carbocycles. The number of nitrogens with zero attached hydrogens (tertiary/aromatic N) is 4. The number of aryl methyl sites for hydroxylation is 1. The van der Waals surface area contributed by atoms with E-state index in [0.717, 1.165) is 37.7 Å². The van der Waals surface area contributed by atoms with Gasteiger partial charge >= 0.3 is 5.97 Å². The highest BCUT2D eigenvalue weighted by atomic mass is 16.4. The molecule has 0 amide bonds. The number of carboxylic acid groups (broad SMARTS) is 1. The van der Waals surface area contributed by atoms with E-state index in [-0.39, 0.29) is 6.54 Å². The number of carbonyl (C=O) groups is 1. The molecule has 6 nitrogen and oxygen atoms in total. The topological polar surface area (TPSA) is 69.6 Å². The Hall–Kier alpha value is -1.69. The largest absolute Gasteiger partial charge is 0.480 e. The molecule has 17 heavy (non-hydrogen) atoms. The van der Waals surface area contributed by atoms with Gasteiger partial charge in [0, 0.05) is 37.9 Å². The van der Waals surface area contributed by atoms with Crippen LogP contribution in [0.2, 0.25) is 0 Å². The van der Waals surface area contributed by atoms with Crippen molar-refractivity contribution < 1.29 is 9.90 Å². The van der Waals surface area contributed by atoms with Gasteiger partial charge in [0.25, 0.3) is 0 Å². The van der Waals surface area contributed by atoms with Gasteiger partial charge in [0.1, 0.15) is 12.1 Å². The smallest absolute Gasteiger partial charge is 0.317 e. The van der Waals surface area contributed by atoms with Crippen molar-refractivity contribution >= 4 is 11.8 Å². The number of hydrogen-bond acceptors (Lipinski definition) is 5. The second kappa shape index (κ2) is 5.09. The van der Waals surface area contributed by atoms with Gasteiger partial charge in [0.05, 0.1) is 6.54 Å². The van der Waals surface area contributed by atoms with Crippen molar-refractivity contribution in [1.82, 2.24) is 14.9 Å². The average Bonchev–Trinajstić information content (AvgIpc) is 2.29. The summed E-state index contributed by atoms with van der Waals surface area (Å²) in [5.74, 6) is 0.156. The summed E-state index contributed by atoms with van der Waals surface area (Å²) in [7, 11) is 0. The van der Waals surface area contributed by atoms with Gasteiger partial charge in [0.2, 0.25) is 0 Å². The lowest BCUT2D eigenvalue weighted by molar-refractivity contribution is -0.138. The Morgan fingerprint density at radius 3 is 2.65 bits per heavy atom. The van der Waals surface area contributed by atoms with Gasteiger partial charge in [-0.15, -0.1) is 0 Å². The normalized spacial score (nSPS) is 17.1. The number of anilines is 1. The van der Waals surface area contributed by atoms with Gasteiger partial charge < -0.3 is 10.0 Å². The Kier molecular flexibility index (Phi) is 3.53. The van der Waals surface area contributed by atoms with E-state index < -0.39 is 5.97 Å². The van der Waals surface area contributed by atoms with Gasteiger partial charge in [-0.25, -0.2) is 9.97 Å². The molecule has 0 atom stereocenters. The van der Waals surface area contributed by atoms with Crippen molar-refractivity contribution in [1.29, 1.82) is 0 Å². The molecule has 0 spiro atoms. The van der Waals surface area contributed by atoms with E-state index in [4.69, 9.17) is 5.11 Å². The maximum atomic E-state index is 10.6. The summed E-state index contributed by atoms with van der Waals surface area (Å²) >= 11 is 0. The van der Waals surface area contributed by atoms with Gasteiger partial charge in [-0.1, -0.05) is 0 Å². The van der Waals surface area contributed by atoms with Crippen LogP contribution in [0.4, 0.5) is 5.82 Å². The molecule has 0 aromatic carbocycles. The zero-order chi connectivity index (χ0) is 12.3. The quantitative estimate of drug-likeness (QED) is 0.796. The van der Waals surface area contributed by atoms with Crippen LogP contribution < -0.4 is 4.90 Å². The summed E-state index contributed by atoms with van der Waals surface area (Å²) in [6.45, 7) is 5.20. The Balaban J connectivity index is 1.93. The minimum Gasteiger partial charge on any atom is -0.480 e. The molecule has 2 rings (SSSR count). The molecule has 1 aliphatic heterocycles. The monoisotopic (exact) mass is 236 g/mol. The maximum absolute atomic E-state index is 10.6. The Labute approximate surface area is 99.9 Å². The molecule has 1 N–H and O–H groups in total. The molecule has 0 radical (unpaired) electrons. The molecular formula is C11H16N4O2. The van der Waals surface area contributed by atoms with Crippen LogP contribution in [0, 0.1) is 6.92 Å². The molecule has 1 aromatic heterocycles. The summed E-state index contributed by atoms with van der Waals surface area (Å²) in [6, 6.07) is 1.95. The van der Waals surface area contributed by atoms with E-state index in [9.17, 15) is 4.79 Å². The van der Waals surface area contributed by atoms with Gasteiger partial charge in [-0.2, -0.15) is 0 Å². The first-order valence-electron chi connectivity index (χ1n) is 5.63. The standard InChI is InChI=1S/C11H16N4O2/c1-9-6-10(13-8-12-9)15-4-2-14(3-5-15)7-11(16)17/h6,8H,2-5,7H2,1H3,(H,16,17). The number of aromatic nitrogens is 2. The number of rotatable bonds is 3. The lowest BCUT2D eigenvalue weighted by Crippen LogP contribution is -2.48. The van der Waals surface area contributed by atoms with E-state index in [1.807, 2.05) is 17.9 Å². The predicted octanol–water partition coefficient (Wildman–Crippen LogP) is -0.00838. The maximum Gasteiger partial charge on any atom is 0.317 e. The van der Waals surface area contributed by atoms with E-state index in [0.29, 0.717) is 0 Å². The van der Waals surface area contributed by atoms with E-state index in [2.05, 4.69) is 14.9 Å². The average molecular weight is 236 g/mol. The summed E-state index contributed by atoms with van der Waals surface area (Å²) in [5, 5.41) is 8.71. The highest BCUT2D eigenvalue weighted by Crippen LogP contribution is 2.13. The number of aliphatic carboxylic acids is 1. The van der Waals surface area contributed by atoms with E-state index in [1.54, 1.807) is 6.33 Å². The third kappa shape index (κ3) is 3.13. The van der Waals surface area contributed by atoms with E-state index >= 15 is 0 Å². The second-order valence-corrected chi connectivity index (χ2v) is 4.17. The van der Waals surface area contributed by atoms with Gasteiger partial charge in [0.15, 0.2) is 0 Å². The molecular weight excluding hydrogens is 220 g/mol. The van der Waals surface area contributed by atoms with Gasteiger partial charge in [-0.05, 0) is 6.92 Å². The molecule has 2 heterocycles. The third-order valence-electron chi connectivity index (χ3n) is 2.84. The molecule has 92 valence electrons. The minimum absolute atomic E-state index is 0.122. The fraction of sp³-hybridized carbons (Fsp3) is 0.545. The Morgan fingerprint density at radius 2 is 2.06 bits per heavy atom. The van der Waals surface area contributed by atoms with Crippen molar-refractivity contribution in [3.8, 4) is 0 Å². The molecule has 1 aliphatic rings. The van der Waals surface area contributed by atoms with Crippen molar-refractivity contribution in [3.05, 3.63) is 18.1 Å². The summed E-state index contributed by atoms with van der Waals surface area (Å²) in [4.78, 5) is 23.0. The van der Waals surface area contributed by atoms with Crippen LogP contribution in [0.3, 0.4) is 0 Å². The minimum atomic E-state index is -0.767. The first-order chi connectivity index (χ1) is 8.15. The zero-order valence-electron chi connectivity index (χ0n) is 9.83. The fourth-order valence-electron chi connectivity index (χ4n) is 1.94. The molecule has 1 saturated heterocycles. The van der Waals surface area contributed by atoms with Crippen molar-refractivity contribution in [3.63, 3.8) is 0 Å².